The number of ether oxygens (including phenoxy) is 1. The van der Waals surface area contributed by atoms with E-state index in [-0.39, 0.29) is 22.9 Å². The third kappa shape index (κ3) is 4.60. The van der Waals surface area contributed by atoms with E-state index in [1.807, 2.05) is 0 Å². The van der Waals surface area contributed by atoms with Crippen molar-refractivity contribution >= 4 is 41.5 Å². The molecule has 0 aromatic carbocycles. The average molecular weight is 591 g/mol. The van der Waals surface area contributed by atoms with Gasteiger partial charge in [0, 0.05) is 53.7 Å². The lowest BCUT2D eigenvalue weighted by atomic mass is 9.78. The lowest BCUT2D eigenvalue weighted by Gasteiger charge is -2.39. The van der Waals surface area contributed by atoms with E-state index in [2.05, 4.69) is 0 Å². The van der Waals surface area contributed by atoms with Crippen molar-refractivity contribution in [1.82, 2.24) is 0 Å². The lowest BCUT2D eigenvalue weighted by Crippen LogP contribution is -2.53. The molecule has 0 spiro atoms. The van der Waals surface area contributed by atoms with E-state index in [9.17, 15) is 29.4 Å². The van der Waals surface area contributed by atoms with Crippen molar-refractivity contribution in [2.24, 2.45) is 47.3 Å². The van der Waals surface area contributed by atoms with Gasteiger partial charge in [0.2, 0.25) is 0 Å². The van der Waals surface area contributed by atoms with Crippen molar-refractivity contribution in [2.45, 2.75) is 36.8 Å². The maximum absolute atomic E-state index is 13.3. The number of aliphatic carboxylic acids is 2. The number of carboxylic acids is 2. The van der Waals surface area contributed by atoms with Crippen molar-refractivity contribution in [3.05, 3.63) is 0 Å². The molecule has 0 aromatic heterocycles. The minimum atomic E-state index is -3.18. The Morgan fingerprint density at radius 3 is 1.10 bits per heavy atom. The SMILES string of the molecule is CO[Si](OC)(OC)C1CC2CC1C(C(=O)O)C2C(=O)OC(=O)C1C2CC(C1C(=O)O)C([Si](OC)(OC)OC)C2. The van der Waals surface area contributed by atoms with Crippen LogP contribution in [0.3, 0.4) is 0 Å². The number of rotatable bonds is 12. The standard InChI is InChI=1S/C24H38O13Si2/c1-31-38(32-2,33-3)15-9-11-7-13(15)19(21(25)26)17(11)23(29)37-24(30)18-12-8-14(20(18)22(27)28)16(10-12)39(34-4,35-5)36-6/h11-20H,7-10H2,1-6H3,(H,25,26)(H,27,28). The second kappa shape index (κ2) is 11.3. The zero-order chi connectivity index (χ0) is 28.9. The number of carbonyl (C=O) groups is 4. The van der Waals surface area contributed by atoms with Crippen LogP contribution in [0.15, 0.2) is 0 Å². The molecule has 2 N–H and O–H groups in total. The highest BCUT2D eigenvalue weighted by Gasteiger charge is 2.68. The first-order valence-electron chi connectivity index (χ1n) is 13.0. The first-order valence-corrected chi connectivity index (χ1v) is 16.6. The molecule has 4 saturated carbocycles. The van der Waals surface area contributed by atoms with Crippen LogP contribution < -0.4 is 0 Å². The maximum Gasteiger partial charge on any atom is 0.503 e. The molecular weight excluding hydrogens is 552 g/mol. The smallest absolute Gasteiger partial charge is 0.481 e. The van der Waals surface area contributed by atoms with Gasteiger partial charge < -0.3 is 41.5 Å². The van der Waals surface area contributed by atoms with Crippen LogP contribution in [0.25, 0.3) is 0 Å². The number of carbonyl (C=O) groups excluding carboxylic acids is 2. The van der Waals surface area contributed by atoms with Crippen LogP contribution in [0.2, 0.25) is 11.1 Å². The Balaban J connectivity index is 1.51. The van der Waals surface area contributed by atoms with Gasteiger partial charge in [-0.3, -0.25) is 19.2 Å². The molecule has 4 bridgehead atoms. The number of hydrogen-bond acceptors (Lipinski definition) is 11. The van der Waals surface area contributed by atoms with Crippen molar-refractivity contribution in [3.63, 3.8) is 0 Å². The van der Waals surface area contributed by atoms with Gasteiger partial charge in [-0.25, -0.2) is 0 Å². The minimum absolute atomic E-state index is 0.311. The molecule has 4 fully saturated rings. The third-order valence-corrected chi connectivity index (χ3v) is 16.5. The van der Waals surface area contributed by atoms with Gasteiger partial charge in [-0.1, -0.05) is 0 Å². The van der Waals surface area contributed by atoms with Crippen molar-refractivity contribution in [2.75, 3.05) is 42.7 Å². The molecule has 10 atom stereocenters. The van der Waals surface area contributed by atoms with Gasteiger partial charge >= 0.3 is 41.5 Å². The number of hydrogen-bond donors (Lipinski definition) is 2. The van der Waals surface area contributed by atoms with Crippen LogP contribution in [0.5, 0.6) is 0 Å². The van der Waals surface area contributed by atoms with Crippen molar-refractivity contribution in [3.8, 4) is 0 Å². The zero-order valence-electron chi connectivity index (χ0n) is 23.0. The van der Waals surface area contributed by atoms with Crippen LogP contribution in [-0.4, -0.2) is 94.4 Å². The van der Waals surface area contributed by atoms with Crippen LogP contribution >= 0.6 is 0 Å². The highest BCUT2D eigenvalue weighted by Crippen LogP contribution is 2.63. The Morgan fingerprint density at radius 1 is 0.538 bits per heavy atom. The van der Waals surface area contributed by atoms with E-state index in [1.165, 1.54) is 42.7 Å². The van der Waals surface area contributed by atoms with E-state index in [4.69, 9.17) is 31.3 Å². The largest absolute Gasteiger partial charge is 0.503 e. The minimum Gasteiger partial charge on any atom is -0.481 e. The van der Waals surface area contributed by atoms with Gasteiger partial charge in [-0.05, 0) is 49.4 Å². The molecular formula is C24H38O13Si2. The van der Waals surface area contributed by atoms with Gasteiger partial charge in [-0.2, -0.15) is 0 Å². The summed E-state index contributed by atoms with van der Waals surface area (Å²) in [6.45, 7) is 0. The van der Waals surface area contributed by atoms with Crippen LogP contribution in [0.4, 0.5) is 0 Å². The summed E-state index contributed by atoms with van der Waals surface area (Å²) in [6, 6.07) is 0. The topological polar surface area (TPSA) is 173 Å². The molecule has 4 aliphatic rings. The summed E-state index contributed by atoms with van der Waals surface area (Å²) in [5.41, 5.74) is -0.622. The predicted octanol–water partition coefficient (Wildman–Crippen LogP) is 1.27. The third-order valence-electron chi connectivity index (χ3n) is 9.94. The summed E-state index contributed by atoms with van der Waals surface area (Å²) in [7, 11) is 2.40. The molecule has 13 nitrogen and oxygen atoms in total. The lowest BCUT2D eigenvalue weighted by molar-refractivity contribution is -0.175. The monoisotopic (exact) mass is 590 g/mol. The summed E-state index contributed by atoms with van der Waals surface area (Å²) in [6.07, 6.45) is 1.75. The Hall–Kier alpha value is -1.73. The highest BCUT2D eigenvalue weighted by molar-refractivity contribution is 6.63. The summed E-state index contributed by atoms with van der Waals surface area (Å²) in [5, 5.41) is 20.1. The molecule has 10 unspecified atom stereocenters. The van der Waals surface area contributed by atoms with Gasteiger partial charge in [-0.15, -0.1) is 0 Å². The molecule has 0 aliphatic heterocycles. The van der Waals surface area contributed by atoms with Crippen LogP contribution in [-0.2, 0) is 50.5 Å². The molecule has 0 saturated heterocycles. The molecule has 39 heavy (non-hydrogen) atoms. The van der Waals surface area contributed by atoms with Gasteiger partial charge in [0.25, 0.3) is 0 Å². The first-order chi connectivity index (χ1) is 18.5. The Labute approximate surface area is 229 Å². The molecule has 0 radical (unpaired) electrons. The summed E-state index contributed by atoms with van der Waals surface area (Å²) in [5.74, 6) is -10.0. The summed E-state index contributed by atoms with van der Waals surface area (Å²) in [4.78, 5) is 51.4. The van der Waals surface area contributed by atoms with E-state index in [0.717, 1.165) is 0 Å². The second-order valence-corrected chi connectivity index (χ2v) is 17.3. The van der Waals surface area contributed by atoms with E-state index in [0.29, 0.717) is 25.7 Å². The van der Waals surface area contributed by atoms with E-state index >= 15 is 0 Å². The fourth-order valence-electron chi connectivity index (χ4n) is 8.53. The predicted molar refractivity (Wildman–Crippen MR) is 134 cm³/mol. The summed E-state index contributed by atoms with van der Waals surface area (Å²) < 4.78 is 38.9. The van der Waals surface area contributed by atoms with Crippen LogP contribution in [0.1, 0.15) is 25.7 Å². The molecule has 4 aliphatic carbocycles. The Kier molecular flexibility index (Phi) is 8.74. The molecule has 220 valence electrons. The molecule has 15 heteroatoms. The normalized spacial score (nSPS) is 37.3. The fraction of sp³-hybridized carbons (Fsp3) is 0.833. The van der Waals surface area contributed by atoms with Crippen molar-refractivity contribution < 1.29 is 60.7 Å². The highest BCUT2D eigenvalue weighted by atomic mass is 28.4. The molecule has 0 amide bonds. The molecule has 0 heterocycles. The van der Waals surface area contributed by atoms with Crippen molar-refractivity contribution in [1.29, 1.82) is 0 Å². The van der Waals surface area contributed by atoms with Gasteiger partial charge in [0.1, 0.15) is 0 Å². The average Bonchev–Trinajstić information content (AvgIpc) is 3.70. The van der Waals surface area contributed by atoms with Crippen LogP contribution in [0, 0.1) is 47.3 Å². The molecule has 4 rings (SSSR count). The van der Waals surface area contributed by atoms with E-state index < -0.39 is 77.0 Å². The quantitative estimate of drug-likeness (QED) is 0.189. The Bertz CT molecular complexity index is 891. The number of fused-ring (bicyclic) bond motifs is 4. The first kappa shape index (κ1) is 30.2. The maximum atomic E-state index is 13.3. The zero-order valence-corrected chi connectivity index (χ0v) is 25.0. The Morgan fingerprint density at radius 2 is 0.846 bits per heavy atom. The number of esters is 2. The number of carboxylic acid groups (broad SMARTS) is 2. The fourth-order valence-corrected chi connectivity index (χ4v) is 14.3. The molecule has 0 aromatic rings. The van der Waals surface area contributed by atoms with E-state index in [1.54, 1.807) is 0 Å². The van der Waals surface area contributed by atoms with Gasteiger partial charge in [0.15, 0.2) is 0 Å². The van der Waals surface area contributed by atoms with Gasteiger partial charge in [0.05, 0.1) is 23.7 Å². The second-order valence-electron chi connectivity index (χ2n) is 11.0. The summed E-state index contributed by atoms with van der Waals surface area (Å²) >= 11 is 0.